The zero-order chi connectivity index (χ0) is 13.8. The molecule has 0 fully saturated rings. The lowest BCUT2D eigenvalue weighted by molar-refractivity contribution is -0.115. The number of carbonyl (C=O) groups is 1. The first-order valence-electron chi connectivity index (χ1n) is 5.80. The summed E-state index contributed by atoms with van der Waals surface area (Å²) in [7, 11) is 0. The highest BCUT2D eigenvalue weighted by Gasteiger charge is 2.25. The Morgan fingerprint density at radius 1 is 1.42 bits per heavy atom. The van der Waals surface area contributed by atoms with Crippen LogP contribution in [-0.4, -0.2) is 22.3 Å². The summed E-state index contributed by atoms with van der Waals surface area (Å²) in [6.07, 6.45) is 1.43. The van der Waals surface area contributed by atoms with Crippen molar-refractivity contribution in [3.63, 3.8) is 0 Å². The fourth-order valence-corrected chi connectivity index (χ4v) is 2.71. The van der Waals surface area contributed by atoms with E-state index in [9.17, 15) is 4.79 Å². The van der Waals surface area contributed by atoms with Crippen molar-refractivity contribution in [3.8, 4) is 0 Å². The van der Waals surface area contributed by atoms with Crippen LogP contribution in [0.3, 0.4) is 0 Å². The van der Waals surface area contributed by atoms with Crippen LogP contribution in [0.5, 0.6) is 0 Å². The maximum atomic E-state index is 12.1. The molecule has 1 aromatic rings. The van der Waals surface area contributed by atoms with Crippen molar-refractivity contribution in [2.45, 2.75) is 18.1 Å². The number of aryl methyl sites for hydroxylation is 1. The van der Waals surface area contributed by atoms with E-state index in [0.29, 0.717) is 6.42 Å². The van der Waals surface area contributed by atoms with Crippen LogP contribution in [0, 0.1) is 5.41 Å². The molecule has 6 N–H and O–H groups in total. The fourth-order valence-electron chi connectivity index (χ4n) is 1.88. The Kier molecular flexibility index (Phi) is 4.06. The number of thioether (sulfide) groups is 1. The van der Waals surface area contributed by atoms with E-state index in [1.807, 2.05) is 24.3 Å². The number of carbonyl (C=O) groups excluding carboxylic acids is 1. The first-order chi connectivity index (χ1) is 9.06. The van der Waals surface area contributed by atoms with Crippen LogP contribution in [-0.2, 0) is 11.2 Å². The molecule has 1 aliphatic rings. The van der Waals surface area contributed by atoms with Crippen LogP contribution in [0.4, 0.5) is 5.69 Å². The van der Waals surface area contributed by atoms with Crippen molar-refractivity contribution in [2.24, 2.45) is 16.5 Å². The second-order valence-electron chi connectivity index (χ2n) is 4.13. The minimum atomic E-state index is -0.358. The zero-order valence-electron chi connectivity index (χ0n) is 10.2. The number of nitrogens with two attached hydrogens (primary N) is 2. The van der Waals surface area contributed by atoms with Gasteiger partial charge in [-0.1, -0.05) is 30.0 Å². The van der Waals surface area contributed by atoms with Gasteiger partial charge in [0, 0.05) is 5.69 Å². The normalized spacial score (nSPS) is 17.9. The number of amides is 1. The minimum absolute atomic E-state index is 0.0499. The van der Waals surface area contributed by atoms with Gasteiger partial charge in [0.25, 0.3) is 0 Å². The van der Waals surface area contributed by atoms with E-state index < -0.39 is 0 Å². The summed E-state index contributed by atoms with van der Waals surface area (Å²) < 4.78 is 0. The molecule has 1 heterocycles. The van der Waals surface area contributed by atoms with Crippen molar-refractivity contribution in [1.29, 1.82) is 5.41 Å². The summed E-state index contributed by atoms with van der Waals surface area (Å²) in [6, 6.07) is 7.69. The molecule has 0 radical (unpaired) electrons. The van der Waals surface area contributed by atoms with Crippen LogP contribution in [0.1, 0.15) is 12.0 Å². The lowest BCUT2D eigenvalue weighted by Gasteiger charge is -2.11. The van der Waals surface area contributed by atoms with Gasteiger partial charge in [0.2, 0.25) is 5.91 Å². The molecule has 1 aromatic carbocycles. The van der Waals surface area contributed by atoms with Gasteiger partial charge in [0.15, 0.2) is 11.1 Å². The van der Waals surface area contributed by atoms with Gasteiger partial charge >= 0.3 is 0 Å². The third-order valence-corrected chi connectivity index (χ3v) is 3.78. The first kappa shape index (κ1) is 13.4. The second kappa shape index (κ2) is 5.75. The maximum absolute atomic E-state index is 12.1. The molecular formula is C12H15N5OS. The number of hydrogen-bond donors (Lipinski definition) is 4. The average Bonchev–Trinajstić information content (AvgIpc) is 2.48. The molecule has 19 heavy (non-hydrogen) atoms. The van der Waals surface area contributed by atoms with Gasteiger partial charge in [-0.3, -0.25) is 10.2 Å². The number of para-hydroxylation sites is 1. The van der Waals surface area contributed by atoms with Crippen LogP contribution in [0.2, 0.25) is 0 Å². The van der Waals surface area contributed by atoms with E-state index in [2.05, 4.69) is 10.3 Å². The number of guanidine groups is 1. The predicted molar refractivity (Wildman–Crippen MR) is 78.3 cm³/mol. The predicted octanol–water partition coefficient (Wildman–Crippen LogP) is 0.881. The molecule has 0 spiro atoms. The number of anilines is 1. The molecule has 1 atom stereocenters. The topological polar surface area (TPSA) is 117 Å². The van der Waals surface area contributed by atoms with E-state index in [1.54, 1.807) is 0 Å². The van der Waals surface area contributed by atoms with Gasteiger partial charge < -0.3 is 16.8 Å². The van der Waals surface area contributed by atoms with Gasteiger partial charge in [-0.25, -0.2) is 0 Å². The Morgan fingerprint density at radius 3 is 2.89 bits per heavy atom. The number of rotatable bonds is 1. The highest BCUT2D eigenvalue weighted by atomic mass is 32.2. The minimum Gasteiger partial charge on any atom is -0.370 e. The SMILES string of the molecule is N=C(N=C(N)N)SC1CCc2ccccc2NC1=O. The number of aliphatic imine (C=N–C) groups is 1. The molecule has 1 unspecified atom stereocenters. The molecule has 100 valence electrons. The fraction of sp³-hybridized carbons (Fsp3) is 0.250. The van der Waals surface area contributed by atoms with Crippen molar-refractivity contribution < 1.29 is 4.79 Å². The number of nitrogens with zero attached hydrogens (tertiary/aromatic N) is 1. The highest BCUT2D eigenvalue weighted by molar-refractivity contribution is 8.14. The standard InChI is InChI=1S/C12H15N5OS/c13-11(14)17-12(15)19-9-6-5-7-3-1-2-4-8(7)16-10(9)18/h1-4,9H,5-6H2,(H,16,18)(H5,13,14,15,17). The smallest absolute Gasteiger partial charge is 0.237 e. The molecule has 1 aliphatic heterocycles. The zero-order valence-corrected chi connectivity index (χ0v) is 11.0. The summed E-state index contributed by atoms with van der Waals surface area (Å²) in [6.45, 7) is 0. The largest absolute Gasteiger partial charge is 0.370 e. The molecule has 6 nitrogen and oxygen atoms in total. The van der Waals surface area contributed by atoms with E-state index in [0.717, 1.165) is 29.4 Å². The molecule has 0 aromatic heterocycles. The number of fused-ring (bicyclic) bond motifs is 1. The highest BCUT2D eigenvalue weighted by Crippen LogP contribution is 2.27. The number of amidine groups is 1. The number of hydrogen-bond acceptors (Lipinski definition) is 3. The summed E-state index contributed by atoms with van der Waals surface area (Å²) in [5.41, 5.74) is 12.4. The Balaban J connectivity index is 2.08. The van der Waals surface area contributed by atoms with Crippen molar-refractivity contribution in [3.05, 3.63) is 29.8 Å². The molecule has 0 saturated carbocycles. The van der Waals surface area contributed by atoms with Gasteiger partial charge in [0.1, 0.15) is 0 Å². The molecule has 2 rings (SSSR count). The van der Waals surface area contributed by atoms with Gasteiger partial charge in [-0.05, 0) is 24.5 Å². The monoisotopic (exact) mass is 277 g/mol. The maximum Gasteiger partial charge on any atom is 0.237 e. The van der Waals surface area contributed by atoms with E-state index in [-0.39, 0.29) is 22.3 Å². The summed E-state index contributed by atoms with van der Waals surface area (Å²) in [4.78, 5) is 15.7. The average molecular weight is 277 g/mol. The lowest BCUT2D eigenvalue weighted by atomic mass is 10.1. The third-order valence-electron chi connectivity index (χ3n) is 2.73. The Bertz CT molecular complexity index is 539. The van der Waals surface area contributed by atoms with Gasteiger partial charge in [0.05, 0.1) is 5.25 Å². The molecule has 0 saturated heterocycles. The number of benzene rings is 1. The van der Waals surface area contributed by atoms with Crippen LogP contribution < -0.4 is 16.8 Å². The summed E-state index contributed by atoms with van der Waals surface area (Å²) in [5.74, 6) is -0.291. The lowest BCUT2D eigenvalue weighted by Crippen LogP contribution is -2.27. The van der Waals surface area contributed by atoms with Crippen LogP contribution >= 0.6 is 11.8 Å². The van der Waals surface area contributed by atoms with E-state index >= 15 is 0 Å². The molecule has 7 heteroatoms. The molecule has 0 bridgehead atoms. The Labute approximate surface area is 115 Å². The molecule has 1 amide bonds. The van der Waals surface area contributed by atoms with Gasteiger partial charge in [-0.15, -0.1) is 0 Å². The number of nitrogens with one attached hydrogen (secondary N) is 2. The van der Waals surface area contributed by atoms with Crippen molar-refractivity contribution in [2.75, 3.05) is 5.32 Å². The Hall–Kier alpha value is -2.02. The summed E-state index contributed by atoms with van der Waals surface area (Å²) >= 11 is 1.06. The molecule has 0 aliphatic carbocycles. The summed E-state index contributed by atoms with van der Waals surface area (Å²) in [5, 5.41) is 10.1. The second-order valence-corrected chi connectivity index (χ2v) is 5.32. The Morgan fingerprint density at radius 2 is 2.16 bits per heavy atom. The van der Waals surface area contributed by atoms with Crippen molar-refractivity contribution in [1.82, 2.24) is 0 Å². The van der Waals surface area contributed by atoms with Crippen molar-refractivity contribution >= 4 is 34.5 Å². The third kappa shape index (κ3) is 3.47. The van der Waals surface area contributed by atoms with Gasteiger partial charge in [-0.2, -0.15) is 4.99 Å². The van der Waals surface area contributed by atoms with E-state index in [4.69, 9.17) is 16.9 Å². The van der Waals surface area contributed by atoms with Crippen LogP contribution in [0.15, 0.2) is 29.3 Å². The molecular weight excluding hydrogens is 262 g/mol. The first-order valence-corrected chi connectivity index (χ1v) is 6.68. The van der Waals surface area contributed by atoms with E-state index in [1.165, 1.54) is 0 Å². The quantitative estimate of drug-likeness (QED) is 0.450. The van der Waals surface area contributed by atoms with Crippen LogP contribution in [0.25, 0.3) is 0 Å².